The van der Waals surface area contributed by atoms with Crippen molar-refractivity contribution in [3.05, 3.63) is 34.9 Å². The summed E-state index contributed by atoms with van der Waals surface area (Å²) in [6.45, 7) is 3.58. The minimum atomic E-state index is -0.498. The fourth-order valence-corrected chi connectivity index (χ4v) is 1.95. The average Bonchev–Trinajstić information content (AvgIpc) is 2.37. The van der Waals surface area contributed by atoms with Gasteiger partial charge in [0.15, 0.2) is 0 Å². The largest absolute Gasteiger partial charge is 0.382 e. The van der Waals surface area contributed by atoms with Crippen LogP contribution in [0.1, 0.15) is 36.9 Å². The van der Waals surface area contributed by atoms with E-state index in [4.69, 9.17) is 4.74 Å². The molecule has 1 rings (SSSR count). The van der Waals surface area contributed by atoms with E-state index in [2.05, 4.69) is 5.32 Å². The SMILES string of the molecule is CNC(CCC(C)OC)c1c(F)ccc(C)c1F. The van der Waals surface area contributed by atoms with Gasteiger partial charge < -0.3 is 10.1 Å². The fourth-order valence-electron chi connectivity index (χ4n) is 1.95. The lowest BCUT2D eigenvalue weighted by molar-refractivity contribution is 0.106. The molecule has 0 fully saturated rings. The Morgan fingerprint density at radius 3 is 2.50 bits per heavy atom. The number of hydrogen-bond donors (Lipinski definition) is 1. The van der Waals surface area contributed by atoms with Crippen LogP contribution in [0.5, 0.6) is 0 Å². The number of aryl methyl sites for hydroxylation is 1. The highest BCUT2D eigenvalue weighted by Crippen LogP contribution is 2.26. The normalized spacial score (nSPS) is 14.6. The lowest BCUT2D eigenvalue weighted by Crippen LogP contribution is -2.21. The van der Waals surface area contributed by atoms with Crippen molar-refractivity contribution in [1.82, 2.24) is 5.32 Å². The van der Waals surface area contributed by atoms with Crippen LogP contribution < -0.4 is 5.32 Å². The highest BCUT2D eigenvalue weighted by atomic mass is 19.1. The van der Waals surface area contributed by atoms with Crippen LogP contribution in [0.15, 0.2) is 12.1 Å². The maximum atomic E-state index is 14.0. The lowest BCUT2D eigenvalue weighted by Gasteiger charge is -2.20. The molecule has 0 heterocycles. The molecule has 2 atom stereocenters. The summed E-state index contributed by atoms with van der Waals surface area (Å²) in [6, 6.07) is 2.44. The smallest absolute Gasteiger partial charge is 0.133 e. The molecule has 18 heavy (non-hydrogen) atoms. The Labute approximate surface area is 107 Å². The Morgan fingerprint density at radius 2 is 1.94 bits per heavy atom. The number of ether oxygens (including phenoxy) is 1. The second-order valence-electron chi connectivity index (χ2n) is 4.56. The zero-order valence-corrected chi connectivity index (χ0v) is 11.4. The third-order valence-corrected chi connectivity index (χ3v) is 3.28. The van der Waals surface area contributed by atoms with Gasteiger partial charge in [0.1, 0.15) is 11.6 Å². The van der Waals surface area contributed by atoms with E-state index in [-0.39, 0.29) is 17.7 Å². The second kappa shape index (κ2) is 6.81. The average molecular weight is 257 g/mol. The highest BCUT2D eigenvalue weighted by molar-refractivity contribution is 5.29. The molecule has 102 valence electrons. The van der Waals surface area contributed by atoms with Crippen LogP contribution >= 0.6 is 0 Å². The molecule has 1 aromatic carbocycles. The van der Waals surface area contributed by atoms with Crippen LogP contribution in [0.4, 0.5) is 8.78 Å². The van der Waals surface area contributed by atoms with Crippen molar-refractivity contribution in [3.63, 3.8) is 0 Å². The highest BCUT2D eigenvalue weighted by Gasteiger charge is 2.20. The Morgan fingerprint density at radius 1 is 1.28 bits per heavy atom. The summed E-state index contributed by atoms with van der Waals surface area (Å²) < 4.78 is 32.9. The van der Waals surface area contributed by atoms with Gasteiger partial charge in [-0.05, 0) is 45.4 Å². The Bertz CT molecular complexity index is 396. The van der Waals surface area contributed by atoms with Gasteiger partial charge in [-0.3, -0.25) is 0 Å². The third kappa shape index (κ3) is 3.50. The van der Waals surface area contributed by atoms with Crippen molar-refractivity contribution in [2.24, 2.45) is 0 Å². The topological polar surface area (TPSA) is 21.3 Å². The Hall–Kier alpha value is -1.00. The molecule has 4 heteroatoms. The first-order chi connectivity index (χ1) is 8.51. The number of methoxy groups -OCH3 is 1. The molecule has 0 radical (unpaired) electrons. The van der Waals surface area contributed by atoms with Gasteiger partial charge in [0.05, 0.1) is 6.10 Å². The molecule has 0 bridgehead atoms. The molecule has 1 N–H and O–H groups in total. The predicted octanol–water partition coefficient (Wildman–Crippen LogP) is 3.35. The van der Waals surface area contributed by atoms with Crippen molar-refractivity contribution in [3.8, 4) is 0 Å². The van der Waals surface area contributed by atoms with Gasteiger partial charge in [-0.15, -0.1) is 0 Å². The molecule has 0 aromatic heterocycles. The van der Waals surface area contributed by atoms with Crippen LogP contribution in [-0.2, 0) is 4.74 Å². The van der Waals surface area contributed by atoms with E-state index in [9.17, 15) is 8.78 Å². The molecule has 2 nitrogen and oxygen atoms in total. The zero-order valence-electron chi connectivity index (χ0n) is 11.4. The van der Waals surface area contributed by atoms with E-state index < -0.39 is 11.6 Å². The lowest BCUT2D eigenvalue weighted by atomic mass is 9.97. The van der Waals surface area contributed by atoms with Gasteiger partial charge in [0.25, 0.3) is 0 Å². The molecular weight excluding hydrogens is 236 g/mol. The molecular formula is C14H21F2NO. The number of nitrogens with one attached hydrogen (secondary N) is 1. The maximum absolute atomic E-state index is 14.0. The van der Waals surface area contributed by atoms with Gasteiger partial charge in [-0.2, -0.15) is 0 Å². The van der Waals surface area contributed by atoms with Crippen molar-refractivity contribution in [2.75, 3.05) is 14.2 Å². The molecule has 0 aliphatic rings. The maximum Gasteiger partial charge on any atom is 0.133 e. The Kier molecular flexibility index (Phi) is 5.69. The molecule has 0 amide bonds. The van der Waals surface area contributed by atoms with Crippen LogP contribution in [0, 0.1) is 18.6 Å². The molecule has 0 aliphatic heterocycles. The standard InChI is InChI=1S/C14H21F2NO/c1-9-5-7-11(15)13(14(9)16)12(17-3)8-6-10(2)18-4/h5,7,10,12,17H,6,8H2,1-4H3. The van der Waals surface area contributed by atoms with E-state index in [1.165, 1.54) is 12.1 Å². The van der Waals surface area contributed by atoms with E-state index in [0.717, 1.165) is 6.42 Å². The summed E-state index contributed by atoms with van der Waals surface area (Å²) >= 11 is 0. The van der Waals surface area contributed by atoms with E-state index >= 15 is 0 Å². The van der Waals surface area contributed by atoms with Crippen molar-refractivity contribution in [1.29, 1.82) is 0 Å². The van der Waals surface area contributed by atoms with Crippen LogP contribution in [0.2, 0.25) is 0 Å². The third-order valence-electron chi connectivity index (χ3n) is 3.28. The molecule has 2 unspecified atom stereocenters. The van der Waals surface area contributed by atoms with Gasteiger partial charge in [0, 0.05) is 18.7 Å². The second-order valence-corrected chi connectivity index (χ2v) is 4.56. The van der Waals surface area contributed by atoms with E-state index in [1.807, 2.05) is 6.92 Å². The minimum absolute atomic E-state index is 0.0804. The number of rotatable bonds is 6. The fraction of sp³-hybridized carbons (Fsp3) is 0.571. The van der Waals surface area contributed by atoms with Crippen LogP contribution in [-0.4, -0.2) is 20.3 Å². The number of benzene rings is 1. The van der Waals surface area contributed by atoms with Gasteiger partial charge in [-0.1, -0.05) is 6.07 Å². The number of hydrogen-bond acceptors (Lipinski definition) is 2. The number of halogens is 2. The first kappa shape index (κ1) is 15.1. The summed E-state index contributed by atoms with van der Waals surface area (Å²) in [4.78, 5) is 0. The first-order valence-corrected chi connectivity index (χ1v) is 6.15. The molecule has 0 saturated carbocycles. The summed E-state index contributed by atoms with van der Waals surface area (Å²) in [5.41, 5.74) is 0.590. The predicted molar refractivity (Wildman–Crippen MR) is 68.6 cm³/mol. The first-order valence-electron chi connectivity index (χ1n) is 6.15. The molecule has 0 spiro atoms. The molecule has 1 aromatic rings. The van der Waals surface area contributed by atoms with Crippen molar-refractivity contribution in [2.45, 2.75) is 38.8 Å². The quantitative estimate of drug-likeness (QED) is 0.844. The van der Waals surface area contributed by atoms with Crippen LogP contribution in [0.3, 0.4) is 0 Å². The summed E-state index contributed by atoms with van der Waals surface area (Å²) in [6.07, 6.45) is 1.45. The molecule has 0 aliphatic carbocycles. The van der Waals surface area contributed by atoms with Crippen molar-refractivity contribution >= 4 is 0 Å². The van der Waals surface area contributed by atoms with Gasteiger partial charge in [0.2, 0.25) is 0 Å². The van der Waals surface area contributed by atoms with Gasteiger partial charge in [-0.25, -0.2) is 8.78 Å². The summed E-state index contributed by atoms with van der Waals surface area (Å²) in [7, 11) is 3.34. The van der Waals surface area contributed by atoms with E-state index in [0.29, 0.717) is 12.0 Å². The summed E-state index contributed by atoms with van der Waals surface area (Å²) in [5.74, 6) is -0.957. The minimum Gasteiger partial charge on any atom is -0.382 e. The zero-order chi connectivity index (χ0) is 13.7. The summed E-state index contributed by atoms with van der Waals surface area (Å²) in [5, 5.41) is 2.97. The Balaban J connectivity index is 2.91. The van der Waals surface area contributed by atoms with Gasteiger partial charge >= 0.3 is 0 Å². The van der Waals surface area contributed by atoms with E-state index in [1.54, 1.807) is 21.1 Å². The molecule has 0 saturated heterocycles. The van der Waals surface area contributed by atoms with Crippen LogP contribution in [0.25, 0.3) is 0 Å². The van der Waals surface area contributed by atoms with Crippen molar-refractivity contribution < 1.29 is 13.5 Å². The monoisotopic (exact) mass is 257 g/mol.